The molecule has 3 N–H and O–H groups in total. The number of benzene rings is 1. The average Bonchev–Trinajstić information content (AvgIpc) is 2.89. The minimum atomic E-state index is 0.0436. The number of carbonyl (C=O) groups is 1. The van der Waals surface area contributed by atoms with Crippen LogP contribution in [0, 0.1) is 0 Å². The highest BCUT2D eigenvalue weighted by Gasteiger charge is 2.18. The predicted molar refractivity (Wildman–Crippen MR) is 86.2 cm³/mol. The molecule has 110 valence electrons. The van der Waals surface area contributed by atoms with Crippen molar-refractivity contribution in [1.29, 1.82) is 0 Å². The fraction of sp³-hybridized carbons (Fsp3) is 0.308. The zero-order valence-corrected chi connectivity index (χ0v) is 13.3. The van der Waals surface area contributed by atoms with Crippen molar-refractivity contribution >= 4 is 45.5 Å². The van der Waals surface area contributed by atoms with Crippen molar-refractivity contribution in [3.05, 3.63) is 17.7 Å². The number of hydrogen-bond donors (Lipinski definition) is 2. The van der Waals surface area contributed by atoms with E-state index in [1.54, 1.807) is 0 Å². The maximum Gasteiger partial charge on any atom is 0.224 e. The molecule has 2 aromatic rings. The lowest BCUT2D eigenvalue weighted by molar-refractivity contribution is -0.116. The molecule has 2 heterocycles. The Morgan fingerprint density at radius 2 is 2.14 bits per heavy atom. The van der Waals surface area contributed by atoms with Gasteiger partial charge in [0.1, 0.15) is 0 Å². The highest BCUT2D eigenvalue weighted by Crippen LogP contribution is 2.39. The van der Waals surface area contributed by atoms with E-state index in [-0.39, 0.29) is 5.91 Å². The Labute approximate surface area is 130 Å². The number of hydrogen-bond acceptors (Lipinski definition) is 7. The minimum absolute atomic E-state index is 0.0436. The molecule has 1 aromatic carbocycles. The second-order valence-electron chi connectivity index (χ2n) is 4.94. The molecule has 0 saturated heterocycles. The number of nitrogens with zero attached hydrogens (tertiary/aromatic N) is 3. The van der Waals surface area contributed by atoms with Gasteiger partial charge < -0.3 is 16.0 Å². The van der Waals surface area contributed by atoms with Crippen molar-refractivity contribution in [3.63, 3.8) is 0 Å². The smallest absolute Gasteiger partial charge is 0.224 e. The van der Waals surface area contributed by atoms with E-state index in [2.05, 4.69) is 15.5 Å². The number of amides is 1. The first-order chi connectivity index (χ1) is 10.0. The topological polar surface area (TPSA) is 84.1 Å². The maximum atomic E-state index is 11.4. The molecule has 1 aliphatic rings. The van der Waals surface area contributed by atoms with Crippen molar-refractivity contribution in [3.8, 4) is 0 Å². The Kier molecular flexibility index (Phi) is 3.73. The molecule has 0 bridgehead atoms. The normalized spacial score (nSPS) is 13.7. The zero-order chi connectivity index (χ0) is 15.0. The predicted octanol–water partition coefficient (Wildman–Crippen LogP) is 2.22. The Morgan fingerprint density at radius 1 is 1.33 bits per heavy atom. The molecule has 0 spiro atoms. The molecule has 0 radical (unpaired) electrons. The number of nitrogens with two attached hydrogens (primary N) is 1. The average molecular weight is 321 g/mol. The number of nitrogens with one attached hydrogen (secondary N) is 1. The molecule has 6 nitrogen and oxygen atoms in total. The lowest BCUT2D eigenvalue weighted by atomic mass is 10.0. The SMILES string of the molecule is CN(C)c1nnc(Sc2cc3c(cc2N)NC(=O)CC3)s1. The van der Waals surface area contributed by atoms with Crippen molar-refractivity contribution < 1.29 is 4.79 Å². The molecule has 0 fully saturated rings. The number of anilines is 3. The van der Waals surface area contributed by atoms with Gasteiger partial charge in [-0.1, -0.05) is 23.1 Å². The first-order valence-corrected chi connectivity index (χ1v) is 8.07. The van der Waals surface area contributed by atoms with E-state index >= 15 is 0 Å². The maximum absolute atomic E-state index is 11.4. The fourth-order valence-electron chi connectivity index (χ4n) is 2.03. The van der Waals surface area contributed by atoms with Crippen molar-refractivity contribution in [2.75, 3.05) is 30.0 Å². The second kappa shape index (κ2) is 5.53. The van der Waals surface area contributed by atoms with E-state index in [4.69, 9.17) is 5.73 Å². The third-order valence-electron chi connectivity index (χ3n) is 3.11. The van der Waals surface area contributed by atoms with E-state index in [1.807, 2.05) is 31.1 Å². The number of nitrogen functional groups attached to an aromatic ring is 1. The van der Waals surface area contributed by atoms with E-state index < -0.39 is 0 Å². The second-order valence-corrected chi connectivity index (χ2v) is 7.19. The van der Waals surface area contributed by atoms with Crippen LogP contribution in [0.25, 0.3) is 0 Å². The van der Waals surface area contributed by atoms with E-state index in [0.717, 1.165) is 32.0 Å². The van der Waals surface area contributed by atoms with Gasteiger partial charge >= 0.3 is 0 Å². The van der Waals surface area contributed by atoms with Crippen LogP contribution in [-0.2, 0) is 11.2 Å². The van der Waals surface area contributed by atoms with Crippen LogP contribution in [0.5, 0.6) is 0 Å². The number of aryl methyl sites for hydroxylation is 1. The summed E-state index contributed by atoms with van der Waals surface area (Å²) in [6.45, 7) is 0. The van der Waals surface area contributed by atoms with Gasteiger partial charge in [0.25, 0.3) is 0 Å². The molecule has 0 aliphatic carbocycles. The van der Waals surface area contributed by atoms with E-state index in [0.29, 0.717) is 12.1 Å². The van der Waals surface area contributed by atoms with Gasteiger partial charge in [-0.05, 0) is 24.1 Å². The Balaban J connectivity index is 1.86. The van der Waals surface area contributed by atoms with Crippen LogP contribution in [0.4, 0.5) is 16.5 Å². The summed E-state index contributed by atoms with van der Waals surface area (Å²) in [5.74, 6) is 0.0436. The molecule has 21 heavy (non-hydrogen) atoms. The largest absolute Gasteiger partial charge is 0.398 e. The van der Waals surface area contributed by atoms with Crippen LogP contribution in [0.3, 0.4) is 0 Å². The molecule has 8 heteroatoms. The fourth-order valence-corrected chi connectivity index (χ4v) is 3.84. The molecule has 1 aromatic heterocycles. The molecular weight excluding hydrogens is 306 g/mol. The quantitative estimate of drug-likeness (QED) is 0.843. The third-order valence-corrected chi connectivity index (χ3v) is 5.32. The van der Waals surface area contributed by atoms with Gasteiger partial charge in [-0.2, -0.15) is 0 Å². The Morgan fingerprint density at radius 3 is 2.86 bits per heavy atom. The van der Waals surface area contributed by atoms with Crippen LogP contribution >= 0.6 is 23.1 Å². The zero-order valence-electron chi connectivity index (χ0n) is 11.7. The molecule has 3 rings (SSSR count). The van der Waals surface area contributed by atoms with Crippen LogP contribution in [0.1, 0.15) is 12.0 Å². The van der Waals surface area contributed by atoms with Crippen molar-refractivity contribution in [1.82, 2.24) is 10.2 Å². The molecule has 0 unspecified atom stereocenters. The summed E-state index contributed by atoms with van der Waals surface area (Å²) >= 11 is 3.03. The third kappa shape index (κ3) is 2.96. The molecule has 0 saturated carbocycles. The Hall–Kier alpha value is -1.80. The number of aromatic nitrogens is 2. The Bertz CT molecular complexity index is 698. The van der Waals surface area contributed by atoms with Crippen LogP contribution in [0.2, 0.25) is 0 Å². The van der Waals surface area contributed by atoms with Crippen molar-refractivity contribution in [2.24, 2.45) is 0 Å². The van der Waals surface area contributed by atoms with Gasteiger partial charge in [-0.3, -0.25) is 4.79 Å². The standard InChI is InChI=1S/C13H15N5OS2/c1-18(2)12-16-17-13(21-12)20-10-5-7-3-4-11(19)15-9(7)6-8(10)14/h5-6H,3-4,14H2,1-2H3,(H,15,19). The first kappa shape index (κ1) is 14.2. The molecule has 0 atom stereocenters. The highest BCUT2D eigenvalue weighted by atomic mass is 32.2. The van der Waals surface area contributed by atoms with Crippen LogP contribution < -0.4 is 16.0 Å². The van der Waals surface area contributed by atoms with Gasteiger partial charge in [0.2, 0.25) is 11.0 Å². The lowest BCUT2D eigenvalue weighted by Gasteiger charge is -2.18. The summed E-state index contributed by atoms with van der Waals surface area (Å²) in [4.78, 5) is 14.3. The summed E-state index contributed by atoms with van der Waals surface area (Å²) in [5, 5.41) is 12.0. The monoisotopic (exact) mass is 321 g/mol. The molecular formula is C13H15N5OS2. The van der Waals surface area contributed by atoms with Gasteiger partial charge in [0, 0.05) is 36.8 Å². The van der Waals surface area contributed by atoms with Crippen molar-refractivity contribution in [2.45, 2.75) is 22.1 Å². The van der Waals surface area contributed by atoms with Crippen LogP contribution in [-0.4, -0.2) is 30.2 Å². The molecule has 1 aliphatic heterocycles. The summed E-state index contributed by atoms with van der Waals surface area (Å²) in [6, 6.07) is 3.86. The minimum Gasteiger partial charge on any atom is -0.398 e. The summed E-state index contributed by atoms with van der Waals surface area (Å²) in [7, 11) is 3.87. The summed E-state index contributed by atoms with van der Waals surface area (Å²) < 4.78 is 0.852. The summed E-state index contributed by atoms with van der Waals surface area (Å²) in [6.07, 6.45) is 1.26. The van der Waals surface area contributed by atoms with E-state index in [9.17, 15) is 4.79 Å². The highest BCUT2D eigenvalue weighted by molar-refractivity contribution is 8.01. The summed E-state index contributed by atoms with van der Waals surface area (Å²) in [5.41, 5.74) is 8.65. The van der Waals surface area contributed by atoms with Gasteiger partial charge in [-0.25, -0.2) is 0 Å². The number of rotatable bonds is 3. The molecule has 1 amide bonds. The number of fused-ring (bicyclic) bond motifs is 1. The van der Waals surface area contributed by atoms with Crippen LogP contribution in [0.15, 0.2) is 21.4 Å². The van der Waals surface area contributed by atoms with E-state index in [1.165, 1.54) is 23.1 Å². The lowest BCUT2D eigenvalue weighted by Crippen LogP contribution is -2.19. The number of carbonyl (C=O) groups excluding carboxylic acids is 1. The van der Waals surface area contributed by atoms with Gasteiger partial charge in [0.05, 0.1) is 0 Å². The van der Waals surface area contributed by atoms with Gasteiger partial charge in [-0.15, -0.1) is 10.2 Å². The first-order valence-electron chi connectivity index (χ1n) is 6.44. The van der Waals surface area contributed by atoms with Gasteiger partial charge in [0.15, 0.2) is 4.34 Å².